The predicted molar refractivity (Wildman–Crippen MR) is 96.4 cm³/mol. The molecule has 0 aliphatic carbocycles. The average molecular weight is 394 g/mol. The Morgan fingerprint density at radius 3 is 2.68 bits per heavy atom. The Bertz CT molecular complexity index is 1090. The summed E-state index contributed by atoms with van der Waals surface area (Å²) in [7, 11) is 0. The van der Waals surface area contributed by atoms with Crippen LogP contribution in [0.25, 0.3) is 5.78 Å². The number of fused-ring (bicyclic) bond motifs is 1. The number of aromatic amines is 1. The summed E-state index contributed by atoms with van der Waals surface area (Å²) in [6.45, 7) is 3.53. The SMILES string of the molecule is CCCc1nc2nc(C)[nH]n2c(=O)c1NC(=O)Nc1cccc(C(F)(F)F)c1. The smallest absolute Gasteiger partial charge is 0.308 e. The van der Waals surface area contributed by atoms with E-state index in [-0.39, 0.29) is 17.2 Å². The van der Waals surface area contributed by atoms with Crippen LogP contribution in [0.5, 0.6) is 0 Å². The third-order valence-corrected chi connectivity index (χ3v) is 3.85. The fourth-order valence-corrected chi connectivity index (χ4v) is 2.66. The van der Waals surface area contributed by atoms with Crippen LogP contribution in [0, 0.1) is 6.92 Å². The molecular formula is C17H17F3N6O2. The van der Waals surface area contributed by atoms with E-state index in [0.717, 1.165) is 16.6 Å². The molecule has 0 radical (unpaired) electrons. The Hall–Kier alpha value is -3.37. The second-order valence-electron chi connectivity index (χ2n) is 6.09. The number of carbonyl (C=O) groups excluding carboxylic acids is 1. The molecule has 2 aromatic heterocycles. The lowest BCUT2D eigenvalue weighted by Crippen LogP contribution is -2.28. The van der Waals surface area contributed by atoms with E-state index in [1.165, 1.54) is 12.1 Å². The van der Waals surface area contributed by atoms with Crippen LogP contribution in [0.2, 0.25) is 0 Å². The molecule has 2 heterocycles. The number of nitrogens with zero attached hydrogens (tertiary/aromatic N) is 3. The van der Waals surface area contributed by atoms with Crippen molar-refractivity contribution in [2.24, 2.45) is 0 Å². The monoisotopic (exact) mass is 394 g/mol. The predicted octanol–water partition coefficient (Wildman–Crippen LogP) is 3.34. The maximum Gasteiger partial charge on any atom is 0.416 e. The molecule has 0 saturated carbocycles. The summed E-state index contributed by atoms with van der Waals surface area (Å²) in [6, 6.07) is 3.34. The summed E-state index contributed by atoms with van der Waals surface area (Å²) in [4.78, 5) is 33.3. The maximum atomic E-state index is 12.8. The molecule has 11 heteroatoms. The molecular weight excluding hydrogens is 377 g/mol. The van der Waals surface area contributed by atoms with Crippen LogP contribution in [-0.2, 0) is 12.6 Å². The molecule has 0 unspecified atom stereocenters. The summed E-state index contributed by atoms with van der Waals surface area (Å²) in [5, 5.41) is 7.42. The molecule has 0 fully saturated rings. The molecule has 3 aromatic rings. The molecule has 148 valence electrons. The minimum Gasteiger partial charge on any atom is -0.308 e. The van der Waals surface area contributed by atoms with Gasteiger partial charge in [-0.25, -0.2) is 9.78 Å². The van der Waals surface area contributed by atoms with Gasteiger partial charge in [0.1, 0.15) is 11.5 Å². The van der Waals surface area contributed by atoms with Gasteiger partial charge in [-0.2, -0.15) is 22.7 Å². The molecule has 0 bridgehead atoms. The van der Waals surface area contributed by atoms with Gasteiger partial charge in [0, 0.05) is 5.69 Å². The van der Waals surface area contributed by atoms with Crippen LogP contribution in [0.15, 0.2) is 29.1 Å². The minimum atomic E-state index is -4.53. The van der Waals surface area contributed by atoms with E-state index >= 15 is 0 Å². The van der Waals surface area contributed by atoms with Crippen molar-refractivity contribution in [1.82, 2.24) is 19.6 Å². The Morgan fingerprint density at radius 2 is 2.00 bits per heavy atom. The highest BCUT2D eigenvalue weighted by molar-refractivity contribution is 6.00. The van der Waals surface area contributed by atoms with Crippen molar-refractivity contribution in [3.05, 3.63) is 51.7 Å². The normalized spacial score (nSPS) is 11.6. The fourth-order valence-electron chi connectivity index (χ4n) is 2.66. The maximum absolute atomic E-state index is 12.8. The van der Waals surface area contributed by atoms with Gasteiger partial charge in [0.15, 0.2) is 0 Å². The quantitative estimate of drug-likeness (QED) is 0.631. The molecule has 1 aromatic carbocycles. The number of benzene rings is 1. The third-order valence-electron chi connectivity index (χ3n) is 3.85. The number of aromatic nitrogens is 4. The van der Waals surface area contributed by atoms with E-state index in [9.17, 15) is 22.8 Å². The van der Waals surface area contributed by atoms with E-state index in [1.807, 2.05) is 6.92 Å². The Labute approximate surface area is 156 Å². The number of aryl methyl sites for hydroxylation is 2. The summed E-state index contributed by atoms with van der Waals surface area (Å²) >= 11 is 0. The molecule has 8 nitrogen and oxygen atoms in total. The topological polar surface area (TPSA) is 104 Å². The second-order valence-corrected chi connectivity index (χ2v) is 6.09. The number of halogens is 3. The third kappa shape index (κ3) is 3.97. The standard InChI is InChI=1S/C17H17F3N6O2/c1-3-5-12-13(14(27)26-15(23-12)21-9(2)25-26)24-16(28)22-11-7-4-6-10(8-11)17(18,19)20/h4,6-8H,3,5H2,1-2H3,(H,21,23,25)(H2,22,24,28). The number of hydrogen-bond donors (Lipinski definition) is 3. The van der Waals surface area contributed by atoms with Crippen LogP contribution in [0.1, 0.15) is 30.4 Å². The van der Waals surface area contributed by atoms with Crippen molar-refractivity contribution in [3.8, 4) is 0 Å². The average Bonchev–Trinajstić information content (AvgIpc) is 2.98. The van der Waals surface area contributed by atoms with Gasteiger partial charge in [0.05, 0.1) is 11.3 Å². The number of rotatable bonds is 4. The zero-order valence-corrected chi connectivity index (χ0v) is 15.0. The molecule has 28 heavy (non-hydrogen) atoms. The highest BCUT2D eigenvalue weighted by Gasteiger charge is 2.30. The van der Waals surface area contributed by atoms with Crippen molar-refractivity contribution in [3.63, 3.8) is 0 Å². The molecule has 2 amide bonds. The van der Waals surface area contributed by atoms with Crippen molar-refractivity contribution < 1.29 is 18.0 Å². The first-order valence-corrected chi connectivity index (χ1v) is 8.42. The minimum absolute atomic E-state index is 0.0594. The molecule has 0 saturated heterocycles. The molecule has 0 aliphatic rings. The number of carbonyl (C=O) groups is 1. The first-order chi connectivity index (χ1) is 13.2. The largest absolute Gasteiger partial charge is 0.416 e. The number of amides is 2. The summed E-state index contributed by atoms with van der Waals surface area (Å²) in [6.07, 6.45) is -3.46. The zero-order valence-electron chi connectivity index (χ0n) is 15.0. The van der Waals surface area contributed by atoms with Crippen LogP contribution >= 0.6 is 0 Å². The molecule has 3 N–H and O–H groups in total. The molecule has 0 spiro atoms. The summed E-state index contributed by atoms with van der Waals surface area (Å²) in [5.41, 5.74) is -1.23. The van der Waals surface area contributed by atoms with E-state index < -0.39 is 23.3 Å². The van der Waals surface area contributed by atoms with E-state index in [2.05, 4.69) is 25.7 Å². The zero-order chi connectivity index (χ0) is 20.5. The summed E-state index contributed by atoms with van der Waals surface area (Å²) in [5.74, 6) is 0.646. The van der Waals surface area contributed by atoms with Gasteiger partial charge in [0.25, 0.3) is 11.3 Å². The van der Waals surface area contributed by atoms with Gasteiger partial charge in [-0.3, -0.25) is 9.89 Å². The molecule has 0 aliphatic heterocycles. The number of urea groups is 1. The van der Waals surface area contributed by atoms with Crippen molar-refractivity contribution >= 4 is 23.2 Å². The Kier molecular flexibility index (Phi) is 5.08. The first kappa shape index (κ1) is 19.4. The van der Waals surface area contributed by atoms with Crippen LogP contribution < -0.4 is 16.2 Å². The van der Waals surface area contributed by atoms with Crippen LogP contribution in [0.3, 0.4) is 0 Å². The number of anilines is 2. The lowest BCUT2D eigenvalue weighted by Gasteiger charge is -2.12. The Morgan fingerprint density at radius 1 is 1.25 bits per heavy atom. The van der Waals surface area contributed by atoms with E-state index in [4.69, 9.17) is 0 Å². The lowest BCUT2D eigenvalue weighted by molar-refractivity contribution is -0.137. The fraction of sp³-hybridized carbons (Fsp3) is 0.294. The van der Waals surface area contributed by atoms with Gasteiger partial charge in [-0.05, 0) is 31.5 Å². The van der Waals surface area contributed by atoms with Gasteiger partial charge in [-0.15, -0.1) is 0 Å². The van der Waals surface area contributed by atoms with Crippen LogP contribution in [-0.4, -0.2) is 25.6 Å². The number of nitrogens with one attached hydrogen (secondary N) is 3. The van der Waals surface area contributed by atoms with Gasteiger partial charge >= 0.3 is 12.2 Å². The number of H-pyrrole nitrogens is 1. The van der Waals surface area contributed by atoms with Gasteiger partial charge < -0.3 is 10.6 Å². The van der Waals surface area contributed by atoms with Crippen molar-refractivity contribution in [2.75, 3.05) is 10.6 Å². The van der Waals surface area contributed by atoms with Gasteiger partial charge in [-0.1, -0.05) is 19.4 Å². The van der Waals surface area contributed by atoms with E-state index in [0.29, 0.717) is 24.4 Å². The Balaban J connectivity index is 1.89. The number of alkyl halides is 3. The highest BCUT2D eigenvalue weighted by atomic mass is 19.4. The van der Waals surface area contributed by atoms with E-state index in [1.54, 1.807) is 6.92 Å². The van der Waals surface area contributed by atoms with Crippen molar-refractivity contribution in [2.45, 2.75) is 32.9 Å². The highest BCUT2D eigenvalue weighted by Crippen LogP contribution is 2.30. The second kappa shape index (κ2) is 7.33. The lowest BCUT2D eigenvalue weighted by atomic mass is 10.2. The van der Waals surface area contributed by atoms with Crippen LogP contribution in [0.4, 0.5) is 29.3 Å². The molecule has 3 rings (SSSR count). The number of hydrogen-bond acceptors (Lipinski definition) is 4. The van der Waals surface area contributed by atoms with Gasteiger partial charge in [0.2, 0.25) is 0 Å². The van der Waals surface area contributed by atoms with Crippen molar-refractivity contribution in [1.29, 1.82) is 0 Å². The molecule has 0 atom stereocenters. The first-order valence-electron chi connectivity index (χ1n) is 8.42. The summed E-state index contributed by atoms with van der Waals surface area (Å²) < 4.78 is 39.5.